The number of aliphatic hydroxyl groups excluding tert-OH is 3. The average molecular weight is 194 g/mol. The zero-order valence-electron chi connectivity index (χ0n) is 7.41. The van der Waals surface area contributed by atoms with Gasteiger partial charge in [-0.25, -0.2) is 0 Å². The van der Waals surface area contributed by atoms with Gasteiger partial charge in [0.15, 0.2) is 0 Å². The first-order valence-electron chi connectivity index (χ1n) is 3.90. The van der Waals surface area contributed by atoms with Crippen molar-refractivity contribution in [2.75, 3.05) is 7.11 Å². The summed E-state index contributed by atoms with van der Waals surface area (Å²) in [5, 5.41) is 37.4. The van der Waals surface area contributed by atoms with Crippen LogP contribution in [0.2, 0.25) is 0 Å². The molecule has 0 bridgehead atoms. The fourth-order valence-corrected chi connectivity index (χ4v) is 1.25. The molecule has 78 valence electrons. The molecular formula is C7H14O6. The second-order valence-corrected chi connectivity index (χ2v) is 3.08. The van der Waals surface area contributed by atoms with Crippen LogP contribution in [0.15, 0.2) is 0 Å². The van der Waals surface area contributed by atoms with Crippen LogP contribution in [0, 0.1) is 0 Å². The maximum atomic E-state index is 9.50. The predicted molar refractivity (Wildman–Crippen MR) is 40.5 cm³/mol. The lowest BCUT2D eigenvalue weighted by atomic mass is 9.96. The molecule has 0 radical (unpaired) electrons. The Bertz CT molecular complexity index is 186. The van der Waals surface area contributed by atoms with Crippen LogP contribution in [0.1, 0.15) is 6.92 Å². The van der Waals surface area contributed by atoms with Gasteiger partial charge in [0.25, 0.3) is 0 Å². The molecule has 0 unspecified atom stereocenters. The minimum atomic E-state index is -2.27. The number of aliphatic hydroxyl groups is 4. The van der Waals surface area contributed by atoms with Gasteiger partial charge in [-0.05, 0) is 6.92 Å². The largest absolute Gasteiger partial charge is 0.387 e. The van der Waals surface area contributed by atoms with Crippen LogP contribution in [0.3, 0.4) is 0 Å². The first kappa shape index (κ1) is 10.8. The van der Waals surface area contributed by atoms with Gasteiger partial charge < -0.3 is 29.9 Å². The first-order valence-corrected chi connectivity index (χ1v) is 3.90. The smallest absolute Gasteiger partial charge is 0.247 e. The molecule has 0 aromatic carbocycles. The van der Waals surface area contributed by atoms with Gasteiger partial charge in [-0.1, -0.05) is 0 Å². The fourth-order valence-electron chi connectivity index (χ4n) is 1.25. The van der Waals surface area contributed by atoms with Crippen LogP contribution in [0.25, 0.3) is 0 Å². The van der Waals surface area contributed by atoms with Gasteiger partial charge in [0.1, 0.15) is 12.2 Å². The summed E-state index contributed by atoms with van der Waals surface area (Å²) < 4.78 is 9.24. The van der Waals surface area contributed by atoms with E-state index in [-0.39, 0.29) is 0 Å². The molecule has 6 heteroatoms. The molecule has 0 amide bonds. The summed E-state index contributed by atoms with van der Waals surface area (Å²) in [5.74, 6) is -2.27. The van der Waals surface area contributed by atoms with Gasteiger partial charge in [0.05, 0.1) is 6.10 Å². The molecule has 1 saturated heterocycles. The summed E-state index contributed by atoms with van der Waals surface area (Å²) >= 11 is 0. The van der Waals surface area contributed by atoms with E-state index in [1.54, 1.807) is 0 Å². The Morgan fingerprint density at radius 2 is 1.85 bits per heavy atom. The van der Waals surface area contributed by atoms with Gasteiger partial charge in [-0.3, -0.25) is 0 Å². The van der Waals surface area contributed by atoms with E-state index in [1.165, 1.54) is 6.92 Å². The lowest BCUT2D eigenvalue weighted by Gasteiger charge is -2.44. The maximum Gasteiger partial charge on any atom is 0.247 e. The lowest BCUT2D eigenvalue weighted by Crippen LogP contribution is -2.66. The van der Waals surface area contributed by atoms with Gasteiger partial charge in [0, 0.05) is 7.11 Å². The predicted octanol–water partition coefficient (Wildman–Crippen LogP) is -2.22. The first-order chi connectivity index (χ1) is 5.93. The van der Waals surface area contributed by atoms with E-state index in [9.17, 15) is 20.4 Å². The fraction of sp³-hybridized carbons (Fsp3) is 1.00. The van der Waals surface area contributed by atoms with E-state index in [0.29, 0.717) is 0 Å². The molecule has 1 rings (SSSR count). The molecule has 1 fully saturated rings. The monoisotopic (exact) mass is 194 g/mol. The third-order valence-electron chi connectivity index (χ3n) is 2.25. The Hall–Kier alpha value is -0.240. The summed E-state index contributed by atoms with van der Waals surface area (Å²) in [4.78, 5) is 0. The van der Waals surface area contributed by atoms with Crippen LogP contribution in [0.5, 0.6) is 0 Å². The summed E-state index contributed by atoms with van der Waals surface area (Å²) in [7, 11) is 1.10. The highest BCUT2D eigenvalue weighted by Crippen LogP contribution is 2.28. The Morgan fingerprint density at radius 3 is 2.31 bits per heavy atom. The molecule has 1 aliphatic rings. The summed E-state index contributed by atoms with van der Waals surface area (Å²) in [5.41, 5.74) is 0. The summed E-state index contributed by atoms with van der Waals surface area (Å²) in [6.45, 7) is 1.46. The summed E-state index contributed by atoms with van der Waals surface area (Å²) in [6, 6.07) is 0. The van der Waals surface area contributed by atoms with Crippen molar-refractivity contribution in [3.05, 3.63) is 0 Å². The molecule has 1 aliphatic heterocycles. The van der Waals surface area contributed by atoms with E-state index < -0.39 is 30.4 Å². The number of ether oxygens (including phenoxy) is 2. The molecule has 1 heterocycles. The van der Waals surface area contributed by atoms with Crippen molar-refractivity contribution in [2.45, 2.75) is 37.3 Å². The molecule has 4 N–H and O–H groups in total. The van der Waals surface area contributed by atoms with Crippen LogP contribution < -0.4 is 0 Å². The van der Waals surface area contributed by atoms with Crippen molar-refractivity contribution in [2.24, 2.45) is 0 Å². The van der Waals surface area contributed by atoms with Crippen molar-refractivity contribution >= 4 is 0 Å². The minimum absolute atomic E-state index is 0.763. The SMILES string of the molecule is CO[C@@]1(O)[C@H](O)O[C@H](C)[C@@H](O)[C@@H]1O. The lowest BCUT2D eigenvalue weighted by molar-refractivity contribution is -0.398. The van der Waals surface area contributed by atoms with Crippen molar-refractivity contribution in [3.63, 3.8) is 0 Å². The number of rotatable bonds is 1. The third kappa shape index (κ3) is 1.56. The van der Waals surface area contributed by atoms with Crippen LogP contribution >= 0.6 is 0 Å². The van der Waals surface area contributed by atoms with Gasteiger partial charge in [-0.2, -0.15) is 0 Å². The highest BCUT2D eigenvalue weighted by atomic mass is 16.7. The Kier molecular flexibility index (Phi) is 2.91. The van der Waals surface area contributed by atoms with Crippen LogP contribution in [0.4, 0.5) is 0 Å². The molecule has 13 heavy (non-hydrogen) atoms. The molecule has 5 atom stereocenters. The van der Waals surface area contributed by atoms with E-state index in [0.717, 1.165) is 7.11 Å². The molecule has 6 nitrogen and oxygen atoms in total. The zero-order chi connectivity index (χ0) is 10.2. The highest BCUT2D eigenvalue weighted by Gasteiger charge is 2.54. The molecule has 0 aliphatic carbocycles. The van der Waals surface area contributed by atoms with E-state index >= 15 is 0 Å². The average Bonchev–Trinajstić information content (AvgIpc) is 2.11. The van der Waals surface area contributed by atoms with Crippen molar-refractivity contribution in [1.29, 1.82) is 0 Å². The Morgan fingerprint density at radius 1 is 1.31 bits per heavy atom. The molecule has 0 aromatic heterocycles. The maximum absolute atomic E-state index is 9.50. The van der Waals surface area contributed by atoms with Crippen LogP contribution in [-0.4, -0.2) is 57.9 Å². The quantitative estimate of drug-likeness (QED) is 0.353. The van der Waals surface area contributed by atoms with E-state index in [2.05, 4.69) is 4.74 Å². The topological polar surface area (TPSA) is 99.4 Å². The second-order valence-electron chi connectivity index (χ2n) is 3.08. The number of hydrogen-bond acceptors (Lipinski definition) is 6. The standard InChI is InChI=1S/C7H14O6/c1-3-4(8)5(9)7(11,12-2)6(10)13-3/h3-6,8-11H,1-2H3/t3-,4-,5+,6-,7-/m1/s1. The van der Waals surface area contributed by atoms with Crippen molar-refractivity contribution < 1.29 is 29.9 Å². The minimum Gasteiger partial charge on any atom is -0.387 e. The molecule has 0 aromatic rings. The van der Waals surface area contributed by atoms with Gasteiger partial charge >= 0.3 is 0 Å². The zero-order valence-corrected chi connectivity index (χ0v) is 7.41. The van der Waals surface area contributed by atoms with E-state index in [1.807, 2.05) is 0 Å². The van der Waals surface area contributed by atoms with Crippen molar-refractivity contribution in [1.82, 2.24) is 0 Å². The van der Waals surface area contributed by atoms with Gasteiger partial charge in [0.2, 0.25) is 12.1 Å². The molecule has 0 saturated carbocycles. The van der Waals surface area contributed by atoms with Gasteiger partial charge in [-0.15, -0.1) is 0 Å². The Labute approximate surface area is 75.3 Å². The highest BCUT2D eigenvalue weighted by molar-refractivity contribution is 4.92. The Balaban J connectivity index is 2.85. The molecule has 0 spiro atoms. The van der Waals surface area contributed by atoms with E-state index in [4.69, 9.17) is 4.74 Å². The van der Waals surface area contributed by atoms with Crippen molar-refractivity contribution in [3.8, 4) is 0 Å². The molecular weight excluding hydrogens is 180 g/mol. The normalized spacial score (nSPS) is 52.2. The van der Waals surface area contributed by atoms with Crippen LogP contribution in [-0.2, 0) is 9.47 Å². The number of methoxy groups -OCH3 is 1. The third-order valence-corrected chi connectivity index (χ3v) is 2.25. The summed E-state index contributed by atoms with van der Waals surface area (Å²) in [6.07, 6.45) is -5.34. The second kappa shape index (κ2) is 3.49. The number of hydrogen-bond donors (Lipinski definition) is 4.